The molecule has 3 heterocycles. The van der Waals surface area contributed by atoms with Gasteiger partial charge in [-0.25, -0.2) is 9.97 Å². The predicted octanol–water partition coefficient (Wildman–Crippen LogP) is 1.69. The third kappa shape index (κ3) is 6.22. The zero-order valence-electron chi connectivity index (χ0n) is 17.6. The second-order valence-electron chi connectivity index (χ2n) is 7.73. The van der Waals surface area contributed by atoms with Crippen LogP contribution >= 0.6 is 22.9 Å². The lowest BCUT2D eigenvalue weighted by atomic mass is 10.0. The number of anilines is 1. The van der Waals surface area contributed by atoms with E-state index in [1.54, 1.807) is 6.07 Å². The van der Waals surface area contributed by atoms with Crippen LogP contribution in [0.3, 0.4) is 0 Å². The van der Waals surface area contributed by atoms with E-state index in [9.17, 15) is 14.4 Å². The van der Waals surface area contributed by atoms with E-state index < -0.39 is 11.8 Å². The molecule has 0 spiro atoms. The lowest BCUT2D eigenvalue weighted by molar-refractivity contribution is -0.136. The molecule has 9 nitrogen and oxygen atoms in total. The molecule has 31 heavy (non-hydrogen) atoms. The van der Waals surface area contributed by atoms with Crippen molar-refractivity contribution in [1.29, 1.82) is 0 Å². The molecule has 0 bridgehead atoms. The van der Waals surface area contributed by atoms with Crippen LogP contribution in [0.15, 0.2) is 18.3 Å². The molecule has 1 atom stereocenters. The molecule has 1 aliphatic heterocycles. The molecule has 1 aliphatic rings. The number of pyridine rings is 1. The number of likely N-dealkylation sites (N-methyl/N-ethyl adjacent to an activating group) is 1. The number of amides is 3. The van der Waals surface area contributed by atoms with Crippen LogP contribution in [0.2, 0.25) is 5.02 Å². The summed E-state index contributed by atoms with van der Waals surface area (Å²) in [6.45, 7) is 5.68. The summed E-state index contributed by atoms with van der Waals surface area (Å²) in [5.74, 6) is -1.68. The van der Waals surface area contributed by atoms with Crippen molar-refractivity contribution in [2.75, 3.05) is 25.5 Å². The van der Waals surface area contributed by atoms with Gasteiger partial charge >= 0.3 is 11.8 Å². The van der Waals surface area contributed by atoms with Gasteiger partial charge in [0.1, 0.15) is 5.82 Å². The highest BCUT2D eigenvalue weighted by atomic mass is 35.5. The Bertz CT molecular complexity index is 962. The summed E-state index contributed by atoms with van der Waals surface area (Å²) in [6.07, 6.45) is 2.20. The minimum Gasteiger partial charge on any atom is -0.346 e. The van der Waals surface area contributed by atoms with Crippen LogP contribution in [0, 0.1) is 5.92 Å². The molecule has 0 aromatic carbocycles. The third-order valence-corrected chi connectivity index (χ3v) is 6.20. The van der Waals surface area contributed by atoms with Crippen molar-refractivity contribution >= 4 is 46.5 Å². The number of carbonyl (C=O) groups is 3. The van der Waals surface area contributed by atoms with E-state index in [4.69, 9.17) is 11.6 Å². The SMILES string of the molecule is CC(C)C(CNC(=O)C(=O)Nc1ccc(Cl)cn1)NC(=O)c1nc2c(s1)CN(C)CC2. The number of hydrogen-bond acceptors (Lipinski definition) is 7. The number of nitrogens with one attached hydrogen (secondary N) is 3. The van der Waals surface area contributed by atoms with Crippen LogP contribution in [0.4, 0.5) is 5.82 Å². The molecule has 11 heteroatoms. The molecule has 166 valence electrons. The normalized spacial score (nSPS) is 14.6. The number of nitrogens with zero attached hydrogens (tertiary/aromatic N) is 3. The molecular formula is C20H25ClN6O3S. The Morgan fingerprint density at radius 3 is 2.71 bits per heavy atom. The molecule has 2 aromatic heterocycles. The molecule has 0 fully saturated rings. The summed E-state index contributed by atoms with van der Waals surface area (Å²) < 4.78 is 0. The second-order valence-corrected chi connectivity index (χ2v) is 9.25. The van der Waals surface area contributed by atoms with Crippen molar-refractivity contribution in [3.05, 3.63) is 38.9 Å². The lowest BCUT2D eigenvalue weighted by Crippen LogP contribution is -2.48. The van der Waals surface area contributed by atoms with Crippen molar-refractivity contribution in [2.24, 2.45) is 5.92 Å². The Balaban J connectivity index is 1.54. The first-order valence-corrected chi connectivity index (χ1v) is 11.1. The molecule has 0 radical (unpaired) electrons. The summed E-state index contributed by atoms with van der Waals surface area (Å²) in [6, 6.07) is 2.69. The molecule has 2 aromatic rings. The molecule has 0 saturated heterocycles. The third-order valence-electron chi connectivity index (χ3n) is 4.90. The molecule has 0 saturated carbocycles. The van der Waals surface area contributed by atoms with Gasteiger partial charge in [0.2, 0.25) is 0 Å². The molecule has 1 unspecified atom stereocenters. The minimum atomic E-state index is -0.847. The Hall–Kier alpha value is -2.56. The average Bonchev–Trinajstić information content (AvgIpc) is 3.15. The maximum Gasteiger partial charge on any atom is 0.314 e. The highest BCUT2D eigenvalue weighted by Gasteiger charge is 2.25. The highest BCUT2D eigenvalue weighted by Crippen LogP contribution is 2.24. The predicted molar refractivity (Wildman–Crippen MR) is 119 cm³/mol. The standard InChI is InChI=1S/C20H25ClN6O3S/c1-11(2)14(9-23-17(28)18(29)26-16-5-4-12(21)8-22-16)24-19(30)20-25-13-6-7-27(3)10-15(13)31-20/h4-5,8,11,14H,6-7,9-10H2,1-3H3,(H,23,28)(H,24,30)(H,22,26,29). The number of carbonyl (C=O) groups excluding carboxylic acids is 3. The number of hydrogen-bond donors (Lipinski definition) is 3. The molecular weight excluding hydrogens is 440 g/mol. The molecule has 3 N–H and O–H groups in total. The summed E-state index contributed by atoms with van der Waals surface area (Å²) in [7, 11) is 2.04. The Morgan fingerprint density at radius 2 is 2.03 bits per heavy atom. The van der Waals surface area contributed by atoms with E-state index in [1.807, 2.05) is 20.9 Å². The van der Waals surface area contributed by atoms with Crippen molar-refractivity contribution in [3.8, 4) is 0 Å². The quantitative estimate of drug-likeness (QED) is 0.560. The van der Waals surface area contributed by atoms with E-state index in [2.05, 4.69) is 30.8 Å². The summed E-state index contributed by atoms with van der Waals surface area (Å²) in [4.78, 5) is 48.7. The fraction of sp³-hybridized carbons (Fsp3) is 0.450. The zero-order chi connectivity index (χ0) is 22.5. The van der Waals surface area contributed by atoms with E-state index in [1.165, 1.54) is 23.6 Å². The van der Waals surface area contributed by atoms with Gasteiger partial charge in [-0.2, -0.15) is 0 Å². The average molecular weight is 465 g/mol. The summed E-state index contributed by atoms with van der Waals surface area (Å²) in [5, 5.41) is 8.73. The van der Waals surface area contributed by atoms with Crippen molar-refractivity contribution in [1.82, 2.24) is 25.5 Å². The van der Waals surface area contributed by atoms with Gasteiger partial charge < -0.3 is 20.9 Å². The van der Waals surface area contributed by atoms with Gasteiger partial charge in [0.25, 0.3) is 5.91 Å². The monoisotopic (exact) mass is 464 g/mol. The van der Waals surface area contributed by atoms with Gasteiger partial charge in [0.15, 0.2) is 5.01 Å². The van der Waals surface area contributed by atoms with E-state index in [-0.39, 0.29) is 30.2 Å². The number of halogens is 1. The van der Waals surface area contributed by atoms with Crippen LogP contribution in [0.5, 0.6) is 0 Å². The first-order chi connectivity index (χ1) is 14.7. The summed E-state index contributed by atoms with van der Waals surface area (Å²) >= 11 is 7.15. The number of rotatable bonds is 6. The van der Waals surface area contributed by atoms with Crippen molar-refractivity contribution in [3.63, 3.8) is 0 Å². The van der Waals surface area contributed by atoms with Crippen LogP contribution < -0.4 is 16.0 Å². The Morgan fingerprint density at radius 1 is 1.26 bits per heavy atom. The van der Waals surface area contributed by atoms with Gasteiger partial charge in [-0.15, -0.1) is 11.3 Å². The molecule has 0 aliphatic carbocycles. The number of aromatic nitrogens is 2. The van der Waals surface area contributed by atoms with Gasteiger partial charge in [-0.1, -0.05) is 25.4 Å². The van der Waals surface area contributed by atoms with Crippen LogP contribution in [0.1, 0.15) is 34.2 Å². The van der Waals surface area contributed by atoms with Crippen LogP contribution in [-0.2, 0) is 22.6 Å². The van der Waals surface area contributed by atoms with Gasteiger partial charge in [-0.3, -0.25) is 14.4 Å². The van der Waals surface area contributed by atoms with Crippen LogP contribution in [0.25, 0.3) is 0 Å². The summed E-state index contributed by atoms with van der Waals surface area (Å²) in [5.41, 5.74) is 0.982. The van der Waals surface area contributed by atoms with Crippen LogP contribution in [-0.4, -0.2) is 58.8 Å². The number of fused-ring (bicyclic) bond motifs is 1. The van der Waals surface area contributed by atoms with Crippen molar-refractivity contribution in [2.45, 2.75) is 32.9 Å². The fourth-order valence-electron chi connectivity index (χ4n) is 3.01. The molecule has 3 rings (SSSR count). The maximum absolute atomic E-state index is 12.7. The Kier molecular flexibility index (Phi) is 7.58. The highest BCUT2D eigenvalue weighted by molar-refractivity contribution is 7.13. The largest absolute Gasteiger partial charge is 0.346 e. The first kappa shape index (κ1) is 23.1. The van der Waals surface area contributed by atoms with E-state index in [0.29, 0.717) is 10.0 Å². The fourth-order valence-corrected chi connectivity index (χ4v) is 4.21. The zero-order valence-corrected chi connectivity index (χ0v) is 19.1. The second kappa shape index (κ2) is 10.2. The van der Waals surface area contributed by atoms with Gasteiger partial charge in [0.05, 0.1) is 10.7 Å². The van der Waals surface area contributed by atoms with Gasteiger partial charge in [-0.05, 0) is 25.1 Å². The molecule has 3 amide bonds. The van der Waals surface area contributed by atoms with Gasteiger partial charge in [0, 0.05) is 43.2 Å². The first-order valence-electron chi connectivity index (χ1n) is 9.91. The lowest BCUT2D eigenvalue weighted by Gasteiger charge is -2.22. The minimum absolute atomic E-state index is 0.0333. The number of thiazole rings is 1. The van der Waals surface area contributed by atoms with E-state index in [0.717, 1.165) is 30.1 Å². The Labute approximate surface area is 189 Å². The van der Waals surface area contributed by atoms with Crippen molar-refractivity contribution < 1.29 is 14.4 Å². The smallest absolute Gasteiger partial charge is 0.314 e. The topological polar surface area (TPSA) is 116 Å². The van der Waals surface area contributed by atoms with E-state index >= 15 is 0 Å². The maximum atomic E-state index is 12.7.